The van der Waals surface area contributed by atoms with Gasteiger partial charge in [0.1, 0.15) is 0 Å². The topological polar surface area (TPSA) is 56.4 Å². The first-order chi connectivity index (χ1) is 9.66. The zero-order valence-corrected chi connectivity index (χ0v) is 11.2. The summed E-state index contributed by atoms with van der Waals surface area (Å²) < 4.78 is 0. The Morgan fingerprint density at radius 2 is 1.90 bits per heavy atom. The van der Waals surface area contributed by atoms with Crippen molar-refractivity contribution in [2.45, 2.75) is 0 Å². The van der Waals surface area contributed by atoms with Crippen LogP contribution in [0.4, 0.5) is 11.4 Å². The summed E-state index contributed by atoms with van der Waals surface area (Å²) in [6, 6.07) is 10.8. The highest BCUT2D eigenvalue weighted by Gasteiger charge is 2.25. The molecule has 0 saturated heterocycles. The highest BCUT2D eigenvalue weighted by atomic mass is 16.2. The van der Waals surface area contributed by atoms with Crippen LogP contribution in [0.15, 0.2) is 47.4 Å². The van der Waals surface area contributed by atoms with Gasteiger partial charge in [0.25, 0.3) is 5.91 Å². The molecule has 0 aliphatic carbocycles. The molecule has 0 bridgehead atoms. The van der Waals surface area contributed by atoms with E-state index in [0.717, 1.165) is 17.9 Å². The van der Waals surface area contributed by atoms with Crippen LogP contribution in [-0.4, -0.2) is 31.0 Å². The summed E-state index contributed by atoms with van der Waals surface area (Å²) in [6.07, 6.45) is 1.50. The van der Waals surface area contributed by atoms with Crippen molar-refractivity contribution in [2.75, 3.05) is 29.9 Å². The second-order valence-electron chi connectivity index (χ2n) is 4.81. The first-order valence-corrected chi connectivity index (χ1v) is 6.47. The monoisotopic (exact) mass is 269 g/mol. The van der Waals surface area contributed by atoms with Crippen LogP contribution in [0.3, 0.4) is 0 Å². The number of likely N-dealkylation sites (N-methyl/N-ethyl adjacent to an activating group) is 1. The van der Waals surface area contributed by atoms with Gasteiger partial charge in [0.2, 0.25) is 5.56 Å². The molecule has 102 valence electrons. The molecular weight excluding hydrogens is 254 g/mol. The number of H-pyrrole nitrogens is 1. The zero-order chi connectivity index (χ0) is 14.1. The molecule has 0 fully saturated rings. The van der Waals surface area contributed by atoms with E-state index in [0.29, 0.717) is 12.1 Å². The molecule has 20 heavy (non-hydrogen) atoms. The number of carbonyl (C=O) groups is 1. The minimum Gasteiger partial charge on any atom is -0.371 e. The van der Waals surface area contributed by atoms with E-state index in [-0.39, 0.29) is 11.5 Å². The molecule has 0 unspecified atom stereocenters. The molecule has 5 nitrogen and oxygen atoms in total. The molecule has 3 rings (SSSR count). The average molecular weight is 269 g/mol. The lowest BCUT2D eigenvalue weighted by Crippen LogP contribution is -2.42. The van der Waals surface area contributed by atoms with Crippen LogP contribution in [0.25, 0.3) is 0 Å². The summed E-state index contributed by atoms with van der Waals surface area (Å²) in [5.41, 5.74) is 2.05. The Hall–Kier alpha value is -2.56. The predicted octanol–water partition coefficient (Wildman–Crippen LogP) is 1.47. The first-order valence-electron chi connectivity index (χ1n) is 6.47. The molecule has 0 atom stereocenters. The maximum Gasteiger partial charge on any atom is 0.258 e. The smallest absolute Gasteiger partial charge is 0.258 e. The summed E-state index contributed by atoms with van der Waals surface area (Å²) in [5, 5.41) is 0. The van der Waals surface area contributed by atoms with Gasteiger partial charge < -0.3 is 14.8 Å². The number of aromatic nitrogens is 1. The van der Waals surface area contributed by atoms with Crippen molar-refractivity contribution in [2.24, 2.45) is 0 Å². The minimum atomic E-state index is -0.265. The lowest BCUT2D eigenvalue weighted by molar-refractivity contribution is 0.0986. The van der Waals surface area contributed by atoms with Crippen LogP contribution in [0.5, 0.6) is 0 Å². The molecule has 5 heteroatoms. The number of para-hydroxylation sites is 2. The maximum absolute atomic E-state index is 12.6. The lowest BCUT2D eigenvalue weighted by atomic mass is 10.1. The van der Waals surface area contributed by atoms with Gasteiger partial charge in [0, 0.05) is 38.0 Å². The van der Waals surface area contributed by atoms with Gasteiger partial charge in [-0.15, -0.1) is 0 Å². The fraction of sp³-hybridized carbons (Fsp3) is 0.200. The number of pyridine rings is 1. The Balaban J connectivity index is 2.01. The van der Waals surface area contributed by atoms with Crippen molar-refractivity contribution >= 4 is 17.3 Å². The lowest BCUT2D eigenvalue weighted by Gasteiger charge is -2.35. The first kappa shape index (κ1) is 12.5. The van der Waals surface area contributed by atoms with E-state index in [1.165, 1.54) is 12.3 Å². The maximum atomic E-state index is 12.6. The zero-order valence-electron chi connectivity index (χ0n) is 11.2. The van der Waals surface area contributed by atoms with Crippen LogP contribution in [-0.2, 0) is 0 Å². The molecule has 1 aliphatic heterocycles. The summed E-state index contributed by atoms with van der Waals surface area (Å²) in [6.45, 7) is 1.38. The normalized spacial score (nSPS) is 14.1. The number of benzene rings is 1. The van der Waals surface area contributed by atoms with Gasteiger partial charge in [-0.2, -0.15) is 0 Å². The molecule has 2 heterocycles. The molecule has 1 aromatic heterocycles. The number of amides is 1. The Morgan fingerprint density at radius 1 is 1.15 bits per heavy atom. The minimum absolute atomic E-state index is 0.142. The Labute approximate surface area is 116 Å². The number of rotatable bonds is 1. The fourth-order valence-corrected chi connectivity index (χ4v) is 2.45. The predicted molar refractivity (Wildman–Crippen MR) is 78.5 cm³/mol. The van der Waals surface area contributed by atoms with Gasteiger partial charge in [-0.05, 0) is 18.2 Å². The fourth-order valence-electron chi connectivity index (χ4n) is 2.45. The summed E-state index contributed by atoms with van der Waals surface area (Å²) >= 11 is 0. The van der Waals surface area contributed by atoms with E-state index in [1.807, 2.05) is 31.3 Å². The second-order valence-corrected chi connectivity index (χ2v) is 4.81. The van der Waals surface area contributed by atoms with Crippen molar-refractivity contribution in [1.29, 1.82) is 0 Å². The number of hydrogen-bond acceptors (Lipinski definition) is 3. The van der Waals surface area contributed by atoms with E-state index in [2.05, 4.69) is 9.88 Å². The van der Waals surface area contributed by atoms with Crippen molar-refractivity contribution < 1.29 is 4.79 Å². The molecular formula is C15H15N3O2. The van der Waals surface area contributed by atoms with E-state index < -0.39 is 0 Å². The highest BCUT2D eigenvalue weighted by Crippen LogP contribution is 2.32. The van der Waals surface area contributed by atoms with Crippen LogP contribution >= 0.6 is 0 Å². The molecule has 2 aromatic rings. The van der Waals surface area contributed by atoms with E-state index in [1.54, 1.807) is 11.0 Å². The number of carbonyl (C=O) groups excluding carboxylic acids is 1. The number of fused-ring (bicyclic) bond motifs is 1. The van der Waals surface area contributed by atoms with Gasteiger partial charge in [-0.25, -0.2) is 0 Å². The van der Waals surface area contributed by atoms with Gasteiger partial charge in [-0.3, -0.25) is 9.59 Å². The third-order valence-electron chi connectivity index (χ3n) is 3.51. The van der Waals surface area contributed by atoms with Crippen LogP contribution in [0, 0.1) is 0 Å². The molecule has 0 radical (unpaired) electrons. The van der Waals surface area contributed by atoms with Crippen molar-refractivity contribution in [3.05, 3.63) is 58.5 Å². The summed E-state index contributed by atoms with van der Waals surface area (Å²) in [5.74, 6) is -0.142. The molecule has 1 amide bonds. The Bertz CT molecular complexity index is 708. The van der Waals surface area contributed by atoms with Crippen LogP contribution in [0.1, 0.15) is 10.4 Å². The SMILES string of the molecule is CN1CCN(C(=O)c2cc[nH]c(=O)c2)c2ccccc21. The molecule has 1 aliphatic rings. The van der Waals surface area contributed by atoms with Crippen LogP contribution < -0.4 is 15.4 Å². The summed E-state index contributed by atoms with van der Waals surface area (Å²) in [7, 11) is 2.01. The third kappa shape index (κ3) is 2.07. The van der Waals surface area contributed by atoms with Gasteiger partial charge >= 0.3 is 0 Å². The van der Waals surface area contributed by atoms with Crippen molar-refractivity contribution in [3.63, 3.8) is 0 Å². The Morgan fingerprint density at radius 3 is 2.65 bits per heavy atom. The largest absolute Gasteiger partial charge is 0.371 e. The highest BCUT2D eigenvalue weighted by molar-refractivity contribution is 6.08. The van der Waals surface area contributed by atoms with Gasteiger partial charge in [0.05, 0.1) is 11.4 Å². The Kier molecular flexibility index (Phi) is 3.02. The quantitative estimate of drug-likeness (QED) is 0.853. The second kappa shape index (κ2) is 4.85. The third-order valence-corrected chi connectivity index (χ3v) is 3.51. The molecule has 0 spiro atoms. The molecule has 1 aromatic carbocycles. The van der Waals surface area contributed by atoms with E-state index in [9.17, 15) is 9.59 Å². The number of hydrogen-bond donors (Lipinski definition) is 1. The number of anilines is 2. The molecule has 1 N–H and O–H groups in total. The average Bonchev–Trinajstić information content (AvgIpc) is 2.47. The van der Waals surface area contributed by atoms with Gasteiger partial charge in [-0.1, -0.05) is 12.1 Å². The number of aromatic amines is 1. The van der Waals surface area contributed by atoms with Crippen molar-refractivity contribution in [3.8, 4) is 0 Å². The number of nitrogens with one attached hydrogen (secondary N) is 1. The molecule has 0 saturated carbocycles. The number of nitrogens with zero attached hydrogens (tertiary/aromatic N) is 2. The van der Waals surface area contributed by atoms with Crippen molar-refractivity contribution in [1.82, 2.24) is 4.98 Å². The summed E-state index contributed by atoms with van der Waals surface area (Å²) in [4.78, 5) is 30.3. The van der Waals surface area contributed by atoms with Gasteiger partial charge in [0.15, 0.2) is 0 Å². The standard InChI is InChI=1S/C15H15N3O2/c1-17-8-9-18(13-5-3-2-4-12(13)17)15(20)11-6-7-16-14(19)10-11/h2-7,10H,8-9H2,1H3,(H,16,19). The van der Waals surface area contributed by atoms with Crippen LogP contribution in [0.2, 0.25) is 0 Å². The van der Waals surface area contributed by atoms with E-state index in [4.69, 9.17) is 0 Å². The van der Waals surface area contributed by atoms with E-state index >= 15 is 0 Å².